The van der Waals surface area contributed by atoms with Gasteiger partial charge in [0.15, 0.2) is 11.5 Å². The minimum Gasteiger partial charge on any atom is -0.493 e. The summed E-state index contributed by atoms with van der Waals surface area (Å²) in [6, 6.07) is 8.03. The van der Waals surface area contributed by atoms with Crippen molar-refractivity contribution in [3.05, 3.63) is 57.6 Å². The van der Waals surface area contributed by atoms with Gasteiger partial charge in [-0.2, -0.15) is 13.5 Å². The van der Waals surface area contributed by atoms with Crippen LogP contribution in [0.1, 0.15) is 45.7 Å². The van der Waals surface area contributed by atoms with E-state index in [9.17, 15) is 15.0 Å². The number of rotatable bonds is 10. The molecular weight excluding hydrogens is 464 g/mol. The third-order valence-corrected chi connectivity index (χ3v) is 7.26. The molecule has 1 heterocycles. The molecule has 0 radical (unpaired) electrons. The first-order valence-corrected chi connectivity index (χ1v) is 12.0. The van der Waals surface area contributed by atoms with Crippen LogP contribution >= 0.6 is 13.5 Å². The second-order valence-electron chi connectivity index (χ2n) is 9.44. The van der Waals surface area contributed by atoms with E-state index in [4.69, 9.17) is 9.47 Å². The van der Waals surface area contributed by atoms with Gasteiger partial charge in [-0.25, -0.2) is 0 Å². The van der Waals surface area contributed by atoms with Crippen LogP contribution in [0.4, 0.5) is 0 Å². The maximum Gasteiger partial charge on any atom is 0.227 e. The molecule has 1 aliphatic heterocycles. The molecule has 2 aliphatic rings. The number of ether oxygens (including phenoxy) is 2. The summed E-state index contributed by atoms with van der Waals surface area (Å²) in [5, 5.41) is 19.1. The molecule has 2 aromatic carbocycles. The van der Waals surface area contributed by atoms with E-state index >= 15 is 0 Å². The van der Waals surface area contributed by atoms with Gasteiger partial charge in [-0.15, -0.1) is 0 Å². The van der Waals surface area contributed by atoms with Crippen LogP contribution in [-0.4, -0.2) is 73.4 Å². The summed E-state index contributed by atoms with van der Waals surface area (Å²) in [6.07, 6.45) is 3.11. The SMILES string of the molecule is COc1cc2c(cc1OC)C(CN(C)CCCN1CCc3cc(CO)c(CO)cc3CC1=O)C2.S. The van der Waals surface area contributed by atoms with Crippen molar-refractivity contribution in [1.29, 1.82) is 0 Å². The Morgan fingerprint density at radius 1 is 1.00 bits per heavy atom. The van der Waals surface area contributed by atoms with Crippen LogP contribution in [0.25, 0.3) is 0 Å². The fourth-order valence-electron chi connectivity index (χ4n) is 5.27. The van der Waals surface area contributed by atoms with Crippen molar-refractivity contribution >= 4 is 19.4 Å². The highest BCUT2D eigenvalue weighted by molar-refractivity contribution is 7.59. The molecule has 35 heavy (non-hydrogen) atoms. The molecule has 1 amide bonds. The highest BCUT2D eigenvalue weighted by Crippen LogP contribution is 2.42. The summed E-state index contributed by atoms with van der Waals surface area (Å²) in [4.78, 5) is 17.2. The molecule has 0 aromatic heterocycles. The normalized spacial score (nSPS) is 16.7. The minimum atomic E-state index is -0.126. The largest absolute Gasteiger partial charge is 0.493 e. The molecular formula is C27H38N2O5S. The molecule has 0 spiro atoms. The van der Waals surface area contributed by atoms with Crippen LogP contribution in [0.3, 0.4) is 0 Å². The van der Waals surface area contributed by atoms with E-state index in [1.165, 1.54) is 11.1 Å². The summed E-state index contributed by atoms with van der Waals surface area (Å²) in [5.74, 6) is 2.20. The van der Waals surface area contributed by atoms with Gasteiger partial charge in [-0.3, -0.25) is 4.79 Å². The molecule has 0 bridgehead atoms. The molecule has 0 saturated carbocycles. The average molecular weight is 503 g/mol. The summed E-state index contributed by atoms with van der Waals surface area (Å²) in [5.41, 5.74) is 6.20. The fourth-order valence-corrected chi connectivity index (χ4v) is 5.27. The van der Waals surface area contributed by atoms with Crippen LogP contribution in [0, 0.1) is 0 Å². The van der Waals surface area contributed by atoms with Crippen LogP contribution in [0.2, 0.25) is 0 Å². The predicted molar refractivity (Wildman–Crippen MR) is 141 cm³/mol. The predicted octanol–water partition coefficient (Wildman–Crippen LogP) is 2.39. The Labute approximate surface area is 215 Å². The maximum absolute atomic E-state index is 12.9. The van der Waals surface area contributed by atoms with E-state index in [1.807, 2.05) is 17.0 Å². The number of amides is 1. The lowest BCUT2D eigenvalue weighted by molar-refractivity contribution is -0.130. The number of methoxy groups -OCH3 is 2. The van der Waals surface area contributed by atoms with Crippen molar-refractivity contribution in [3.63, 3.8) is 0 Å². The van der Waals surface area contributed by atoms with Crippen LogP contribution < -0.4 is 9.47 Å². The number of carbonyl (C=O) groups excluding carboxylic acids is 1. The quantitative estimate of drug-likeness (QED) is 0.519. The number of aliphatic hydroxyl groups excluding tert-OH is 2. The number of aliphatic hydroxyl groups is 2. The number of fused-ring (bicyclic) bond motifs is 2. The van der Waals surface area contributed by atoms with Gasteiger partial charge in [0, 0.05) is 25.6 Å². The Hall–Kier alpha value is -2.26. The van der Waals surface area contributed by atoms with Crippen molar-refractivity contribution < 1.29 is 24.5 Å². The first-order chi connectivity index (χ1) is 16.5. The highest BCUT2D eigenvalue weighted by Gasteiger charge is 2.29. The third-order valence-electron chi connectivity index (χ3n) is 7.26. The molecule has 8 heteroatoms. The number of carbonyl (C=O) groups is 1. The molecule has 4 rings (SSSR count). The van der Waals surface area contributed by atoms with Crippen molar-refractivity contribution in [2.45, 2.75) is 44.8 Å². The smallest absolute Gasteiger partial charge is 0.227 e. The summed E-state index contributed by atoms with van der Waals surface area (Å²) in [6.45, 7) is 3.12. The third kappa shape index (κ3) is 5.94. The van der Waals surface area contributed by atoms with Crippen molar-refractivity contribution in [3.8, 4) is 11.5 Å². The molecule has 2 N–H and O–H groups in total. The minimum absolute atomic E-state index is 0. The van der Waals surface area contributed by atoms with Gasteiger partial charge in [-0.1, -0.05) is 12.1 Å². The fraction of sp³-hybridized carbons (Fsp3) is 0.519. The first-order valence-electron chi connectivity index (χ1n) is 12.0. The van der Waals surface area contributed by atoms with Gasteiger partial charge in [0.05, 0.1) is 33.9 Å². The number of nitrogens with zero attached hydrogens (tertiary/aromatic N) is 2. The molecule has 1 unspecified atom stereocenters. The van der Waals surface area contributed by atoms with E-state index in [-0.39, 0.29) is 32.6 Å². The standard InChI is InChI=1S/C27H36N2O5.H2S/c1-28(15-21-11-20-12-25(33-2)26(34-3)14-24(20)21)6-4-7-29-8-5-18-9-22(16-30)23(17-31)10-19(18)13-27(29)32;/h9-10,12,14,21,30-31H,4-8,11,13,15-17H2,1-3H3;1H2. The lowest BCUT2D eigenvalue weighted by Gasteiger charge is -2.34. The zero-order valence-electron chi connectivity index (χ0n) is 21.0. The van der Waals surface area contributed by atoms with E-state index in [1.54, 1.807) is 14.2 Å². The molecule has 1 atom stereocenters. The molecule has 2 aromatic rings. The van der Waals surface area contributed by atoms with Crippen molar-refractivity contribution in [1.82, 2.24) is 9.80 Å². The first kappa shape index (κ1) is 27.3. The van der Waals surface area contributed by atoms with E-state index < -0.39 is 0 Å². The summed E-state index contributed by atoms with van der Waals surface area (Å²) >= 11 is 0. The van der Waals surface area contributed by atoms with Crippen molar-refractivity contribution in [2.75, 3.05) is 47.4 Å². The van der Waals surface area contributed by atoms with Gasteiger partial charge in [0.1, 0.15) is 0 Å². The van der Waals surface area contributed by atoms with Crippen molar-refractivity contribution in [2.24, 2.45) is 0 Å². The van der Waals surface area contributed by atoms with E-state index in [2.05, 4.69) is 24.1 Å². The van der Waals surface area contributed by atoms with Gasteiger partial charge in [0.25, 0.3) is 0 Å². The zero-order chi connectivity index (χ0) is 24.2. The van der Waals surface area contributed by atoms with E-state index in [0.717, 1.165) is 67.1 Å². The molecule has 0 fully saturated rings. The monoisotopic (exact) mass is 502 g/mol. The maximum atomic E-state index is 12.9. The number of hydrogen-bond acceptors (Lipinski definition) is 6. The topological polar surface area (TPSA) is 82.5 Å². The Morgan fingerprint density at radius 2 is 1.66 bits per heavy atom. The number of benzene rings is 2. The number of hydrogen-bond donors (Lipinski definition) is 2. The van der Waals surface area contributed by atoms with Gasteiger partial charge in [0.2, 0.25) is 5.91 Å². The van der Waals surface area contributed by atoms with Crippen LogP contribution in [0.15, 0.2) is 24.3 Å². The number of likely N-dealkylation sites (N-methyl/N-ethyl adjacent to an activating group) is 1. The van der Waals surface area contributed by atoms with Gasteiger partial charge < -0.3 is 29.5 Å². The Morgan fingerprint density at radius 3 is 2.31 bits per heavy atom. The Balaban J connectivity index is 0.00000342. The average Bonchev–Trinajstić information content (AvgIpc) is 2.98. The Kier molecular flexibility index (Phi) is 9.47. The highest BCUT2D eigenvalue weighted by atomic mass is 32.1. The van der Waals surface area contributed by atoms with Gasteiger partial charge >= 0.3 is 0 Å². The van der Waals surface area contributed by atoms with Crippen LogP contribution in [0.5, 0.6) is 11.5 Å². The van der Waals surface area contributed by atoms with E-state index in [0.29, 0.717) is 24.4 Å². The van der Waals surface area contributed by atoms with Gasteiger partial charge in [-0.05, 0) is 78.4 Å². The summed E-state index contributed by atoms with van der Waals surface area (Å²) < 4.78 is 10.9. The lowest BCUT2D eigenvalue weighted by atomic mass is 9.77. The molecule has 1 aliphatic carbocycles. The zero-order valence-corrected chi connectivity index (χ0v) is 22.0. The Bertz CT molecular complexity index is 1040. The second kappa shape index (κ2) is 12.1. The van der Waals surface area contributed by atoms with Crippen LogP contribution in [-0.2, 0) is 37.3 Å². The molecule has 192 valence electrons. The lowest BCUT2D eigenvalue weighted by Crippen LogP contribution is -2.36. The second-order valence-corrected chi connectivity index (χ2v) is 9.44. The molecule has 0 saturated heterocycles. The summed E-state index contributed by atoms with van der Waals surface area (Å²) in [7, 11) is 5.48. The molecule has 7 nitrogen and oxygen atoms in total.